The lowest BCUT2D eigenvalue weighted by Gasteiger charge is -2.45. The van der Waals surface area contributed by atoms with Crippen molar-refractivity contribution >= 4 is 12.0 Å². The number of hydrogen-bond acceptors (Lipinski definition) is 22. The molecule has 4 heterocycles. The van der Waals surface area contributed by atoms with Gasteiger partial charge in [-0.05, 0) is 54.1 Å². The largest absolute Gasteiger partial charge is 0.510 e. The first-order valence-corrected chi connectivity index (χ1v) is 19.9. The quantitative estimate of drug-likeness (QED) is 0.0274. The van der Waals surface area contributed by atoms with E-state index in [1.54, 1.807) is 0 Å². The molecule has 3 fully saturated rings. The zero-order valence-electron chi connectivity index (χ0n) is 33.6. The van der Waals surface area contributed by atoms with Crippen LogP contribution in [0.3, 0.4) is 0 Å². The topological polar surface area (TPSA) is 379 Å². The predicted octanol–water partition coefficient (Wildman–Crippen LogP) is -3.05. The number of carbonyl (C=O) groups excluding carboxylic acids is 1. The van der Waals surface area contributed by atoms with Crippen molar-refractivity contribution in [1.29, 1.82) is 0 Å². The van der Waals surface area contributed by atoms with Gasteiger partial charge in [0.2, 0.25) is 19.2 Å². The molecule has 2 aromatic rings. The highest BCUT2D eigenvalue weighted by molar-refractivity contribution is 5.88. The SMILES string of the molecule is O=c1cc2oc(-c3ccc(O)cc3)c(O[C@@H]3O[C@H](COC(=[OH+])C=Cc4ccc(O)c(O)c4)[C@@H](O)[C@H](O)[C@H]3O[C@@H]3O[C@H](CO)[C@@H](O)[C@H](O)[C@H]3O)cc-2c(O[C@@H]2O[C@H](CO)[C@@H](O)[C@H](O)[C@H]2O)c1. The molecule has 4 aliphatic heterocycles. The highest BCUT2D eigenvalue weighted by atomic mass is 16.8. The predicted molar refractivity (Wildman–Crippen MR) is 215 cm³/mol. The molecule has 23 heteroatoms. The maximum Gasteiger partial charge on any atom is 0.510 e. The van der Waals surface area contributed by atoms with E-state index < -0.39 is 129 Å². The maximum absolute atomic E-state index is 13.0. The number of hydrogen-bond donors (Lipinski definition) is 13. The number of ether oxygens (including phenoxy) is 7. The summed E-state index contributed by atoms with van der Waals surface area (Å²) in [7, 11) is 0. The van der Waals surface area contributed by atoms with Gasteiger partial charge >= 0.3 is 5.97 Å². The number of phenolic OH excluding ortho intramolecular Hbond substituents is 3. The summed E-state index contributed by atoms with van der Waals surface area (Å²) >= 11 is 0. The molecule has 0 saturated carbocycles. The third kappa shape index (κ3) is 10.2. The molecular formula is C42H47O23+. The van der Waals surface area contributed by atoms with Crippen molar-refractivity contribution in [2.24, 2.45) is 0 Å². The average molecular weight is 920 g/mol. The lowest BCUT2D eigenvalue weighted by Crippen LogP contribution is -2.65. The van der Waals surface area contributed by atoms with E-state index in [1.165, 1.54) is 54.6 Å². The smallest absolute Gasteiger partial charge is 0.508 e. The Balaban J connectivity index is 1.26. The van der Waals surface area contributed by atoms with Crippen molar-refractivity contribution in [1.82, 2.24) is 0 Å². The fourth-order valence-corrected chi connectivity index (χ4v) is 7.22. The number of aliphatic hydroxyl groups excluding tert-OH is 10. The van der Waals surface area contributed by atoms with Crippen LogP contribution in [0.4, 0.5) is 0 Å². The first-order valence-electron chi connectivity index (χ1n) is 19.9. The third-order valence-corrected chi connectivity index (χ3v) is 10.9. The highest BCUT2D eigenvalue weighted by Gasteiger charge is 2.53. The number of esters is 1. The summed E-state index contributed by atoms with van der Waals surface area (Å²) in [6.45, 7) is -2.35. The second kappa shape index (κ2) is 19.9. The van der Waals surface area contributed by atoms with E-state index in [-0.39, 0.29) is 45.6 Å². The molecule has 7 rings (SSSR count). The molecule has 0 aromatic heterocycles. The van der Waals surface area contributed by atoms with Crippen molar-refractivity contribution in [3.8, 4) is 51.4 Å². The summed E-state index contributed by atoms with van der Waals surface area (Å²) in [4.78, 5) is 23.5. The molecule has 14 N–H and O–H groups in total. The van der Waals surface area contributed by atoms with E-state index in [1.807, 2.05) is 0 Å². The third-order valence-electron chi connectivity index (χ3n) is 10.9. The molecule has 3 saturated heterocycles. The van der Waals surface area contributed by atoms with Crippen LogP contribution < -0.4 is 14.9 Å². The lowest BCUT2D eigenvalue weighted by atomic mass is 9.97. The summed E-state index contributed by atoms with van der Waals surface area (Å²) in [6, 6.07) is 12.4. The Hall–Kier alpha value is -5.48. The molecule has 0 radical (unpaired) electrons. The van der Waals surface area contributed by atoms with Crippen molar-refractivity contribution in [2.75, 3.05) is 19.8 Å². The summed E-state index contributed by atoms with van der Waals surface area (Å²) < 4.78 is 46.7. The highest BCUT2D eigenvalue weighted by Crippen LogP contribution is 2.43. The van der Waals surface area contributed by atoms with Gasteiger partial charge in [-0.15, -0.1) is 0 Å². The van der Waals surface area contributed by atoms with E-state index in [4.69, 9.17) is 37.6 Å². The molecule has 1 aliphatic carbocycles. The van der Waals surface area contributed by atoms with Gasteiger partial charge in [0.15, 0.2) is 46.9 Å². The monoisotopic (exact) mass is 919 g/mol. The van der Waals surface area contributed by atoms with Gasteiger partial charge < -0.3 is 109 Å². The van der Waals surface area contributed by atoms with E-state index in [2.05, 4.69) is 0 Å². The second-order valence-corrected chi connectivity index (χ2v) is 15.3. The Morgan fingerprint density at radius 2 is 1.23 bits per heavy atom. The maximum atomic E-state index is 13.0. The average Bonchev–Trinajstić information content (AvgIpc) is 3.29. The summed E-state index contributed by atoms with van der Waals surface area (Å²) in [6.07, 6.45) is -24.8. The Morgan fingerprint density at radius 1 is 0.631 bits per heavy atom. The number of fused-ring (bicyclic) bond motifs is 1. The zero-order chi connectivity index (χ0) is 46.9. The zero-order valence-corrected chi connectivity index (χ0v) is 33.6. The van der Waals surface area contributed by atoms with Crippen LogP contribution in [0.15, 0.2) is 76.0 Å². The first kappa shape index (κ1) is 47.5. The number of benzene rings is 3. The normalized spacial score (nSPS) is 32.9. The molecular weight excluding hydrogens is 872 g/mol. The van der Waals surface area contributed by atoms with Crippen LogP contribution in [0.1, 0.15) is 5.56 Å². The van der Waals surface area contributed by atoms with Gasteiger partial charge in [-0.25, -0.2) is 0 Å². The fraction of sp³-hybridized carbons (Fsp3) is 0.429. The minimum Gasteiger partial charge on any atom is -0.508 e. The van der Waals surface area contributed by atoms with Gasteiger partial charge in [-0.2, -0.15) is 0 Å². The summed E-state index contributed by atoms with van der Waals surface area (Å²) in [5.74, 6) is -2.73. The summed E-state index contributed by atoms with van der Waals surface area (Å²) in [5, 5.41) is 135. The van der Waals surface area contributed by atoms with Crippen LogP contribution in [0.5, 0.6) is 28.7 Å². The van der Waals surface area contributed by atoms with E-state index in [0.29, 0.717) is 5.56 Å². The van der Waals surface area contributed by atoms with Gasteiger partial charge in [0.25, 0.3) is 0 Å². The molecule has 2 aromatic carbocycles. The molecule has 352 valence electrons. The molecule has 0 unspecified atom stereocenters. The Labute approximate surface area is 366 Å². The van der Waals surface area contributed by atoms with Crippen LogP contribution in [-0.4, -0.2) is 189 Å². The van der Waals surface area contributed by atoms with Crippen molar-refractivity contribution < 1.29 is 109 Å². The second-order valence-electron chi connectivity index (χ2n) is 15.3. The number of aliphatic hydroxyl groups is 10. The molecule has 0 amide bonds. The molecule has 0 spiro atoms. The minimum absolute atomic E-state index is 0.0741. The van der Waals surface area contributed by atoms with Gasteiger partial charge in [0.1, 0.15) is 78.3 Å². The van der Waals surface area contributed by atoms with Crippen molar-refractivity contribution in [3.63, 3.8) is 0 Å². The number of aromatic hydroxyl groups is 3. The molecule has 65 heavy (non-hydrogen) atoms. The molecule has 0 bridgehead atoms. The van der Waals surface area contributed by atoms with Crippen LogP contribution in [-0.2, 0) is 23.7 Å². The van der Waals surface area contributed by atoms with Gasteiger partial charge in [0.05, 0.1) is 24.9 Å². The van der Waals surface area contributed by atoms with Crippen molar-refractivity contribution in [2.45, 2.75) is 92.1 Å². The van der Waals surface area contributed by atoms with E-state index in [9.17, 15) is 76.0 Å². The molecule has 5 aliphatic rings. The lowest BCUT2D eigenvalue weighted by molar-refractivity contribution is -0.357. The Bertz CT molecular complexity index is 2310. The van der Waals surface area contributed by atoms with Crippen molar-refractivity contribution in [3.05, 3.63) is 82.5 Å². The standard InChI is InChI=1S/C42H46O23/c43-13-26-30(50)33(53)36(56)40(62-26)60-24-11-19(46)10-23-20(24)12-25(38(59-23)17-3-5-18(45)6-4-17)61-42-39(65-41-37(57)34(54)31(51)27(14-44)63-41)35(55)32(52)28(64-42)15-58-29(49)8-2-16-1-7-21(47)22(48)9-16/h1-12,26-28,30-37,39-45,47-48,50-57H,13-15H2/p+1/t26-,27-,28-,30-,31-,32-,33+,34+,35+,36-,37-,39-,40-,41+,42-/m1/s1. The van der Waals surface area contributed by atoms with Crippen LogP contribution in [0, 0.1) is 0 Å². The molecule has 15 atom stereocenters. The van der Waals surface area contributed by atoms with Gasteiger partial charge in [-0.3, -0.25) is 4.79 Å². The van der Waals surface area contributed by atoms with Crippen LogP contribution in [0.25, 0.3) is 28.7 Å². The number of phenols is 3. The Morgan fingerprint density at radius 3 is 1.88 bits per heavy atom. The van der Waals surface area contributed by atoms with Gasteiger partial charge in [-0.1, -0.05) is 6.07 Å². The first-order chi connectivity index (χ1) is 31.0. The number of rotatable bonds is 13. The summed E-state index contributed by atoms with van der Waals surface area (Å²) in [5.41, 5.74) is -0.232. The van der Waals surface area contributed by atoms with Crippen LogP contribution in [0.2, 0.25) is 0 Å². The van der Waals surface area contributed by atoms with Gasteiger partial charge in [0, 0.05) is 17.7 Å². The molecule has 23 nitrogen and oxygen atoms in total. The Kier molecular flexibility index (Phi) is 14.6. The van der Waals surface area contributed by atoms with E-state index >= 15 is 0 Å². The van der Waals surface area contributed by atoms with E-state index in [0.717, 1.165) is 18.2 Å². The van der Waals surface area contributed by atoms with Crippen LogP contribution >= 0.6 is 0 Å². The fourth-order valence-electron chi connectivity index (χ4n) is 7.22. The minimum atomic E-state index is -2.05.